The van der Waals surface area contributed by atoms with E-state index >= 15 is 0 Å². The summed E-state index contributed by atoms with van der Waals surface area (Å²) in [5, 5.41) is 17.9. The average molecular weight is 335 g/mol. The van der Waals surface area contributed by atoms with Crippen molar-refractivity contribution in [3.63, 3.8) is 0 Å². The van der Waals surface area contributed by atoms with Crippen molar-refractivity contribution < 1.29 is 9.72 Å². The fourth-order valence-corrected chi connectivity index (χ4v) is 3.50. The van der Waals surface area contributed by atoms with Crippen LogP contribution in [0.1, 0.15) is 30.9 Å². The highest BCUT2D eigenvalue weighted by molar-refractivity contribution is 6.00. The number of rotatable bonds is 2. The monoisotopic (exact) mass is 335 g/mol. The Balaban J connectivity index is 1.87. The predicted molar refractivity (Wildman–Crippen MR) is 95.4 cm³/mol. The van der Waals surface area contributed by atoms with Crippen molar-refractivity contribution in [2.75, 3.05) is 10.6 Å². The first kappa shape index (κ1) is 15.4. The summed E-state index contributed by atoms with van der Waals surface area (Å²) in [5.41, 5.74) is 4.12. The Morgan fingerprint density at radius 2 is 1.84 bits per heavy atom. The summed E-state index contributed by atoms with van der Waals surface area (Å²) in [6, 6.07) is 13.8. The first-order valence-corrected chi connectivity index (χ1v) is 8.26. The molecule has 0 saturated carbocycles. The molecule has 1 aliphatic carbocycles. The van der Waals surface area contributed by atoms with Gasteiger partial charge in [-0.1, -0.05) is 24.3 Å². The summed E-state index contributed by atoms with van der Waals surface area (Å²) in [4.78, 5) is 23.4. The number of non-ortho nitro benzene ring substituents is 1. The Hall–Kier alpha value is -3.15. The minimum Gasteiger partial charge on any atom is -0.372 e. The number of nitrogens with zero attached hydrogens (tertiary/aromatic N) is 1. The van der Waals surface area contributed by atoms with E-state index in [2.05, 4.69) is 10.6 Å². The normalized spacial score (nSPS) is 19.2. The molecule has 126 valence electrons. The van der Waals surface area contributed by atoms with E-state index in [1.54, 1.807) is 6.07 Å². The van der Waals surface area contributed by atoms with Crippen molar-refractivity contribution in [3.8, 4) is 0 Å². The van der Waals surface area contributed by atoms with Crippen LogP contribution in [0.2, 0.25) is 0 Å². The number of nitro benzene ring substituents is 1. The molecule has 6 nitrogen and oxygen atoms in total. The van der Waals surface area contributed by atoms with Crippen LogP contribution in [0.5, 0.6) is 0 Å². The van der Waals surface area contributed by atoms with Gasteiger partial charge in [-0.05, 0) is 30.5 Å². The van der Waals surface area contributed by atoms with Gasteiger partial charge in [-0.15, -0.1) is 0 Å². The number of carbonyl (C=O) groups excluding carboxylic acids is 1. The zero-order valence-electron chi connectivity index (χ0n) is 13.5. The highest BCUT2D eigenvalue weighted by Gasteiger charge is 2.32. The molecule has 0 spiro atoms. The van der Waals surface area contributed by atoms with Gasteiger partial charge in [0.05, 0.1) is 22.3 Å². The molecule has 4 rings (SSSR count). The fraction of sp³-hybridized carbons (Fsp3) is 0.211. The van der Waals surface area contributed by atoms with Crippen molar-refractivity contribution in [1.29, 1.82) is 0 Å². The molecule has 1 atom stereocenters. The number of ketones is 1. The van der Waals surface area contributed by atoms with E-state index in [0.29, 0.717) is 12.0 Å². The summed E-state index contributed by atoms with van der Waals surface area (Å²) in [5.74, 6) is 0.0885. The van der Waals surface area contributed by atoms with Crippen LogP contribution in [0.25, 0.3) is 0 Å². The molecule has 2 aromatic carbocycles. The second-order valence-corrected chi connectivity index (χ2v) is 6.27. The maximum Gasteiger partial charge on any atom is 0.269 e. The average Bonchev–Trinajstić information content (AvgIpc) is 2.79. The Morgan fingerprint density at radius 1 is 1.04 bits per heavy atom. The molecule has 6 heteroatoms. The van der Waals surface area contributed by atoms with E-state index in [9.17, 15) is 14.9 Å². The molecule has 0 radical (unpaired) electrons. The number of anilines is 2. The van der Waals surface area contributed by atoms with Crippen LogP contribution in [0.15, 0.2) is 59.8 Å². The largest absolute Gasteiger partial charge is 0.372 e. The zero-order valence-corrected chi connectivity index (χ0v) is 13.5. The number of nitro groups is 1. The Bertz CT molecular complexity index is 904. The minimum absolute atomic E-state index is 0.0233. The molecule has 0 fully saturated rings. The van der Waals surface area contributed by atoms with Crippen molar-refractivity contribution >= 4 is 22.8 Å². The molecule has 0 bridgehead atoms. The lowest BCUT2D eigenvalue weighted by atomic mass is 9.86. The lowest BCUT2D eigenvalue weighted by Crippen LogP contribution is -2.23. The Labute approximate surface area is 144 Å². The summed E-state index contributed by atoms with van der Waals surface area (Å²) in [7, 11) is 0. The first-order valence-electron chi connectivity index (χ1n) is 8.26. The van der Waals surface area contributed by atoms with E-state index in [1.807, 2.05) is 30.3 Å². The van der Waals surface area contributed by atoms with Gasteiger partial charge in [-0.25, -0.2) is 0 Å². The van der Waals surface area contributed by atoms with Crippen LogP contribution in [0.4, 0.5) is 17.1 Å². The lowest BCUT2D eigenvalue weighted by Gasteiger charge is -2.25. The number of benzene rings is 2. The van der Waals surface area contributed by atoms with Gasteiger partial charge in [0.2, 0.25) is 0 Å². The third-order valence-corrected chi connectivity index (χ3v) is 4.67. The van der Waals surface area contributed by atoms with E-state index in [0.717, 1.165) is 35.5 Å². The number of hydrogen-bond donors (Lipinski definition) is 2. The van der Waals surface area contributed by atoms with Gasteiger partial charge in [0.15, 0.2) is 5.78 Å². The van der Waals surface area contributed by atoms with Gasteiger partial charge >= 0.3 is 0 Å². The van der Waals surface area contributed by atoms with Crippen LogP contribution in [-0.4, -0.2) is 10.7 Å². The molecule has 2 aromatic rings. The number of Topliss-reactive ketones (excluding diaryl/α,β-unsaturated/α-hetero) is 1. The third-order valence-electron chi connectivity index (χ3n) is 4.67. The van der Waals surface area contributed by atoms with Gasteiger partial charge in [0, 0.05) is 29.8 Å². The molecule has 25 heavy (non-hydrogen) atoms. The van der Waals surface area contributed by atoms with Gasteiger partial charge in [-0.3, -0.25) is 14.9 Å². The van der Waals surface area contributed by atoms with Crippen molar-refractivity contribution in [3.05, 3.63) is 75.5 Å². The van der Waals surface area contributed by atoms with Crippen LogP contribution >= 0.6 is 0 Å². The number of para-hydroxylation sites is 2. The molecule has 0 saturated heterocycles. The van der Waals surface area contributed by atoms with E-state index in [-0.39, 0.29) is 11.5 Å². The van der Waals surface area contributed by atoms with Crippen molar-refractivity contribution in [2.24, 2.45) is 0 Å². The molecular weight excluding hydrogens is 318 g/mol. The van der Waals surface area contributed by atoms with Gasteiger partial charge in [0.25, 0.3) is 5.69 Å². The van der Waals surface area contributed by atoms with Crippen LogP contribution < -0.4 is 10.6 Å². The smallest absolute Gasteiger partial charge is 0.269 e. The first-order chi connectivity index (χ1) is 12.1. The summed E-state index contributed by atoms with van der Waals surface area (Å²) in [6.07, 6.45) is 2.11. The minimum atomic E-state index is -0.412. The van der Waals surface area contributed by atoms with Crippen molar-refractivity contribution in [1.82, 2.24) is 0 Å². The van der Waals surface area contributed by atoms with Gasteiger partial charge < -0.3 is 10.6 Å². The van der Waals surface area contributed by atoms with Crippen LogP contribution in [0, 0.1) is 10.1 Å². The Kier molecular flexibility index (Phi) is 3.72. The molecule has 0 amide bonds. The summed E-state index contributed by atoms with van der Waals surface area (Å²) >= 11 is 0. The van der Waals surface area contributed by atoms with E-state index in [4.69, 9.17) is 0 Å². The quantitative estimate of drug-likeness (QED) is 0.635. The van der Waals surface area contributed by atoms with Gasteiger partial charge in [0.1, 0.15) is 0 Å². The van der Waals surface area contributed by atoms with Gasteiger partial charge in [-0.2, -0.15) is 0 Å². The molecule has 2 aliphatic rings. The molecule has 1 heterocycles. The molecule has 2 N–H and O–H groups in total. The predicted octanol–water partition coefficient (Wildman–Crippen LogP) is 4.18. The maximum absolute atomic E-state index is 12.7. The summed E-state index contributed by atoms with van der Waals surface area (Å²) in [6.45, 7) is 0. The third kappa shape index (κ3) is 2.76. The molecule has 1 aliphatic heterocycles. The standard InChI is InChI=1S/C19H17N3O3/c23-17-10-4-9-16-18(17)19(12-5-3-6-13(11-12)22(24)25)21-15-8-2-1-7-14(15)20-16/h1-3,5-8,11,19-21H,4,9-10H2/t19-/m0/s1. The number of nitrogens with one attached hydrogen (secondary N) is 2. The van der Waals surface area contributed by atoms with Crippen molar-refractivity contribution in [2.45, 2.75) is 25.3 Å². The number of carbonyl (C=O) groups is 1. The number of allylic oxidation sites excluding steroid dienone is 1. The molecular formula is C19H17N3O3. The fourth-order valence-electron chi connectivity index (χ4n) is 3.50. The number of hydrogen-bond acceptors (Lipinski definition) is 5. The topological polar surface area (TPSA) is 84.3 Å². The van der Waals surface area contributed by atoms with E-state index < -0.39 is 11.0 Å². The zero-order chi connectivity index (χ0) is 17.4. The van der Waals surface area contributed by atoms with E-state index in [1.165, 1.54) is 12.1 Å². The maximum atomic E-state index is 12.7. The van der Waals surface area contributed by atoms with Crippen LogP contribution in [-0.2, 0) is 4.79 Å². The molecule has 0 unspecified atom stereocenters. The summed E-state index contributed by atoms with van der Waals surface area (Å²) < 4.78 is 0. The number of fused-ring (bicyclic) bond motifs is 1. The SMILES string of the molecule is O=C1CCCC2=C1[C@H](c1cccc([N+](=O)[O-])c1)Nc1ccccc1N2. The second-order valence-electron chi connectivity index (χ2n) is 6.27. The lowest BCUT2D eigenvalue weighted by molar-refractivity contribution is -0.384. The molecule has 0 aromatic heterocycles. The highest BCUT2D eigenvalue weighted by atomic mass is 16.6. The van der Waals surface area contributed by atoms with Crippen LogP contribution in [0.3, 0.4) is 0 Å². The second kappa shape index (κ2) is 6.05. The highest BCUT2D eigenvalue weighted by Crippen LogP contribution is 2.40. The Morgan fingerprint density at radius 3 is 2.64 bits per heavy atom.